The minimum absolute atomic E-state index is 0. The number of benzene rings is 1. The zero-order valence-electron chi connectivity index (χ0n) is 17.9. The number of ether oxygens (including phenoxy) is 2. The molecule has 2 aliphatic heterocycles. The van der Waals surface area contributed by atoms with Gasteiger partial charge in [-0.2, -0.15) is 0 Å². The standard InChI is InChI=1S/C21H33FN4O3.HI/c1-3-23-20(24-16-21(27)6-12-29-13-7-21)26-10-8-25(9-11-26)15-17-4-5-19(28-2)18(22)14-17;/h4-5,14,27H,3,6-13,15-16H2,1-2H3,(H,23,24);1H. The van der Waals surface area contributed by atoms with E-state index in [-0.39, 0.29) is 35.5 Å². The van der Waals surface area contributed by atoms with Gasteiger partial charge in [0, 0.05) is 65.3 Å². The van der Waals surface area contributed by atoms with E-state index in [1.54, 1.807) is 12.1 Å². The molecule has 170 valence electrons. The maximum absolute atomic E-state index is 13.9. The Labute approximate surface area is 195 Å². The summed E-state index contributed by atoms with van der Waals surface area (Å²) in [5.41, 5.74) is 0.179. The van der Waals surface area contributed by atoms with Crippen molar-refractivity contribution in [1.82, 2.24) is 15.1 Å². The summed E-state index contributed by atoms with van der Waals surface area (Å²) in [6.45, 7) is 8.54. The highest BCUT2D eigenvalue weighted by Crippen LogP contribution is 2.21. The first-order chi connectivity index (χ1) is 14.0. The van der Waals surface area contributed by atoms with Crippen LogP contribution in [0.15, 0.2) is 23.2 Å². The number of hydrogen-bond acceptors (Lipinski definition) is 5. The van der Waals surface area contributed by atoms with Crippen molar-refractivity contribution < 1.29 is 19.0 Å². The van der Waals surface area contributed by atoms with E-state index >= 15 is 0 Å². The molecule has 0 atom stereocenters. The average molecular weight is 536 g/mol. The summed E-state index contributed by atoms with van der Waals surface area (Å²) in [4.78, 5) is 9.26. The predicted octanol–water partition coefficient (Wildman–Crippen LogP) is 2.08. The monoisotopic (exact) mass is 536 g/mol. The molecule has 1 aromatic carbocycles. The van der Waals surface area contributed by atoms with Gasteiger partial charge in [0.1, 0.15) is 0 Å². The number of nitrogens with one attached hydrogen (secondary N) is 1. The highest BCUT2D eigenvalue weighted by Gasteiger charge is 2.30. The van der Waals surface area contributed by atoms with Crippen LogP contribution >= 0.6 is 24.0 Å². The van der Waals surface area contributed by atoms with E-state index in [2.05, 4.69) is 15.1 Å². The van der Waals surface area contributed by atoms with E-state index in [9.17, 15) is 9.50 Å². The summed E-state index contributed by atoms with van der Waals surface area (Å²) in [6.07, 6.45) is 1.25. The van der Waals surface area contributed by atoms with Crippen LogP contribution < -0.4 is 10.1 Å². The molecular weight excluding hydrogens is 502 g/mol. The molecule has 7 nitrogen and oxygen atoms in total. The van der Waals surface area contributed by atoms with E-state index in [1.165, 1.54) is 7.11 Å². The molecule has 2 heterocycles. The van der Waals surface area contributed by atoms with Crippen LogP contribution in [0.1, 0.15) is 25.3 Å². The molecular formula is C21H34FIN4O3. The number of methoxy groups -OCH3 is 1. The second kappa shape index (κ2) is 12.0. The van der Waals surface area contributed by atoms with Crippen LogP contribution in [0.3, 0.4) is 0 Å². The van der Waals surface area contributed by atoms with Gasteiger partial charge < -0.3 is 24.8 Å². The molecule has 2 N–H and O–H groups in total. The van der Waals surface area contributed by atoms with Crippen molar-refractivity contribution in [2.24, 2.45) is 4.99 Å². The summed E-state index contributed by atoms with van der Waals surface area (Å²) in [7, 11) is 1.47. The molecule has 0 aliphatic carbocycles. The summed E-state index contributed by atoms with van der Waals surface area (Å²) >= 11 is 0. The quantitative estimate of drug-likeness (QED) is 0.330. The summed E-state index contributed by atoms with van der Waals surface area (Å²) < 4.78 is 24.3. The molecule has 0 saturated carbocycles. The van der Waals surface area contributed by atoms with Gasteiger partial charge in [0.15, 0.2) is 17.5 Å². The van der Waals surface area contributed by atoms with Gasteiger partial charge >= 0.3 is 0 Å². The van der Waals surface area contributed by atoms with Crippen molar-refractivity contribution in [3.63, 3.8) is 0 Å². The highest BCUT2D eigenvalue weighted by atomic mass is 127. The van der Waals surface area contributed by atoms with Crippen molar-refractivity contribution >= 4 is 29.9 Å². The Hall–Kier alpha value is -1.17. The van der Waals surface area contributed by atoms with Crippen LogP contribution in [0.2, 0.25) is 0 Å². The molecule has 0 radical (unpaired) electrons. The smallest absolute Gasteiger partial charge is 0.194 e. The first-order valence-corrected chi connectivity index (χ1v) is 10.4. The molecule has 0 amide bonds. The number of piperazine rings is 1. The van der Waals surface area contributed by atoms with Crippen molar-refractivity contribution in [3.8, 4) is 5.75 Å². The molecule has 3 rings (SSSR count). The van der Waals surface area contributed by atoms with Gasteiger partial charge in [-0.1, -0.05) is 6.07 Å². The fourth-order valence-corrected chi connectivity index (χ4v) is 3.74. The van der Waals surface area contributed by atoms with Crippen LogP contribution in [0.25, 0.3) is 0 Å². The van der Waals surface area contributed by atoms with Crippen molar-refractivity contribution in [2.45, 2.75) is 31.9 Å². The Morgan fingerprint density at radius 3 is 2.57 bits per heavy atom. The molecule has 2 saturated heterocycles. The Morgan fingerprint density at radius 1 is 1.27 bits per heavy atom. The number of halogens is 2. The van der Waals surface area contributed by atoms with Gasteiger partial charge in [-0.05, 0) is 24.6 Å². The maximum atomic E-state index is 13.9. The van der Waals surface area contributed by atoms with Gasteiger partial charge in [-0.25, -0.2) is 4.39 Å². The van der Waals surface area contributed by atoms with Gasteiger partial charge in [0.2, 0.25) is 0 Å². The third-order valence-electron chi connectivity index (χ3n) is 5.58. The van der Waals surface area contributed by atoms with E-state index in [1.807, 2.05) is 13.0 Å². The molecule has 9 heteroatoms. The third kappa shape index (κ3) is 6.93. The Morgan fingerprint density at radius 2 is 1.97 bits per heavy atom. The van der Waals surface area contributed by atoms with E-state index in [0.717, 1.165) is 44.2 Å². The van der Waals surface area contributed by atoms with E-state index in [4.69, 9.17) is 14.5 Å². The van der Waals surface area contributed by atoms with Crippen molar-refractivity contribution in [3.05, 3.63) is 29.6 Å². The van der Waals surface area contributed by atoms with Gasteiger partial charge in [0.25, 0.3) is 0 Å². The lowest BCUT2D eigenvalue weighted by molar-refractivity contribution is -0.0567. The zero-order chi connectivity index (χ0) is 20.7. The number of aliphatic hydroxyl groups is 1. The fourth-order valence-electron chi connectivity index (χ4n) is 3.74. The normalized spacial score (nSPS) is 19.9. The van der Waals surface area contributed by atoms with Crippen LogP contribution in [-0.2, 0) is 11.3 Å². The maximum Gasteiger partial charge on any atom is 0.194 e. The lowest BCUT2D eigenvalue weighted by Crippen LogP contribution is -2.52. The average Bonchev–Trinajstić information content (AvgIpc) is 2.72. The van der Waals surface area contributed by atoms with E-state index in [0.29, 0.717) is 39.1 Å². The Balaban J connectivity index is 0.00000320. The van der Waals surface area contributed by atoms with Gasteiger partial charge in [-0.15, -0.1) is 24.0 Å². The second-order valence-electron chi connectivity index (χ2n) is 7.74. The molecule has 2 fully saturated rings. The number of hydrogen-bond donors (Lipinski definition) is 2. The minimum atomic E-state index is -0.765. The van der Waals surface area contributed by atoms with Crippen LogP contribution in [0.5, 0.6) is 5.75 Å². The van der Waals surface area contributed by atoms with E-state index < -0.39 is 5.60 Å². The fraction of sp³-hybridized carbons (Fsp3) is 0.667. The Bertz CT molecular complexity index is 693. The molecule has 0 bridgehead atoms. The van der Waals surface area contributed by atoms with Crippen LogP contribution in [0.4, 0.5) is 4.39 Å². The van der Waals surface area contributed by atoms with Crippen molar-refractivity contribution in [1.29, 1.82) is 0 Å². The van der Waals surface area contributed by atoms with Crippen LogP contribution in [-0.4, -0.2) is 86.1 Å². The third-order valence-corrected chi connectivity index (χ3v) is 5.58. The number of nitrogens with zero attached hydrogens (tertiary/aromatic N) is 3. The Kier molecular flexibility index (Phi) is 10.1. The molecule has 0 spiro atoms. The molecule has 1 aromatic rings. The zero-order valence-corrected chi connectivity index (χ0v) is 20.2. The second-order valence-corrected chi connectivity index (χ2v) is 7.74. The first kappa shape index (κ1) is 25.1. The topological polar surface area (TPSA) is 69.6 Å². The number of guanidine groups is 1. The van der Waals surface area contributed by atoms with Gasteiger partial charge in [0.05, 0.1) is 19.3 Å². The number of aliphatic imine (C=N–C) groups is 1. The lowest BCUT2D eigenvalue weighted by atomic mass is 9.95. The summed E-state index contributed by atoms with van der Waals surface area (Å²) in [6, 6.07) is 5.14. The van der Waals surface area contributed by atoms with Crippen molar-refractivity contribution in [2.75, 3.05) is 59.6 Å². The lowest BCUT2D eigenvalue weighted by Gasteiger charge is -2.37. The first-order valence-electron chi connectivity index (χ1n) is 10.4. The SMILES string of the molecule is CCNC(=NCC1(O)CCOCC1)N1CCN(Cc2ccc(OC)c(F)c2)CC1.I. The molecule has 0 unspecified atom stereocenters. The highest BCUT2D eigenvalue weighted by molar-refractivity contribution is 14.0. The summed E-state index contributed by atoms with van der Waals surface area (Å²) in [5.74, 6) is 0.801. The summed E-state index contributed by atoms with van der Waals surface area (Å²) in [5, 5.41) is 14.0. The minimum Gasteiger partial charge on any atom is -0.494 e. The molecule has 0 aromatic heterocycles. The van der Waals surface area contributed by atoms with Gasteiger partial charge in [-0.3, -0.25) is 9.89 Å². The molecule has 30 heavy (non-hydrogen) atoms. The molecule has 2 aliphatic rings. The largest absolute Gasteiger partial charge is 0.494 e. The predicted molar refractivity (Wildman–Crippen MR) is 126 cm³/mol. The number of rotatable bonds is 6. The van der Waals surface area contributed by atoms with Crippen LogP contribution in [0, 0.1) is 5.82 Å².